The molecular formula is C15H20N6. The molecule has 0 radical (unpaired) electrons. The van der Waals surface area contributed by atoms with Crippen molar-refractivity contribution in [3.05, 3.63) is 42.4 Å². The molecule has 0 unspecified atom stereocenters. The van der Waals surface area contributed by atoms with Gasteiger partial charge < -0.3 is 15.5 Å². The second-order valence-corrected chi connectivity index (χ2v) is 5.09. The fourth-order valence-electron chi connectivity index (χ4n) is 2.48. The molecule has 1 fully saturated rings. The number of piperazine rings is 1. The predicted octanol–water partition coefficient (Wildman–Crippen LogP) is 0.699. The van der Waals surface area contributed by atoms with Gasteiger partial charge in [0, 0.05) is 44.8 Å². The van der Waals surface area contributed by atoms with Crippen LogP contribution in [0.1, 0.15) is 5.56 Å². The van der Waals surface area contributed by atoms with Crippen molar-refractivity contribution in [3.63, 3.8) is 0 Å². The van der Waals surface area contributed by atoms with Crippen molar-refractivity contribution in [1.29, 1.82) is 0 Å². The van der Waals surface area contributed by atoms with Crippen LogP contribution in [-0.4, -0.2) is 47.7 Å². The van der Waals surface area contributed by atoms with Crippen LogP contribution >= 0.6 is 0 Å². The largest absolute Gasteiger partial charge is 0.353 e. The summed E-state index contributed by atoms with van der Waals surface area (Å²) in [5.41, 5.74) is 6.63. The molecule has 0 aromatic carbocycles. The van der Waals surface area contributed by atoms with Crippen molar-refractivity contribution in [3.8, 4) is 0 Å². The third-order valence-corrected chi connectivity index (χ3v) is 3.66. The van der Waals surface area contributed by atoms with Crippen LogP contribution in [0.25, 0.3) is 0 Å². The minimum Gasteiger partial charge on any atom is -0.353 e. The molecule has 2 aromatic rings. The van der Waals surface area contributed by atoms with Crippen molar-refractivity contribution in [2.75, 3.05) is 42.5 Å². The van der Waals surface area contributed by atoms with Crippen LogP contribution in [0, 0.1) is 0 Å². The first kappa shape index (κ1) is 13.8. The number of nitrogens with zero attached hydrogens (tertiary/aromatic N) is 5. The molecule has 2 N–H and O–H groups in total. The van der Waals surface area contributed by atoms with Gasteiger partial charge in [0.2, 0.25) is 5.95 Å². The quantitative estimate of drug-likeness (QED) is 0.891. The number of hydrogen-bond donors (Lipinski definition) is 1. The molecule has 2 aromatic heterocycles. The van der Waals surface area contributed by atoms with Crippen LogP contribution in [0.3, 0.4) is 0 Å². The Balaban J connectivity index is 1.60. The number of pyridine rings is 1. The van der Waals surface area contributed by atoms with Crippen molar-refractivity contribution in [2.45, 2.75) is 6.42 Å². The Labute approximate surface area is 124 Å². The molecular weight excluding hydrogens is 264 g/mol. The van der Waals surface area contributed by atoms with Crippen LogP contribution in [0.2, 0.25) is 0 Å². The second kappa shape index (κ2) is 6.49. The van der Waals surface area contributed by atoms with Gasteiger partial charge in [-0.05, 0) is 30.7 Å². The highest BCUT2D eigenvalue weighted by Gasteiger charge is 2.19. The molecule has 0 bridgehead atoms. The SMILES string of the molecule is NCCc1cnc(N2CCN(c3ccccn3)CC2)nc1. The summed E-state index contributed by atoms with van der Waals surface area (Å²) < 4.78 is 0. The number of hydrogen-bond acceptors (Lipinski definition) is 6. The lowest BCUT2D eigenvalue weighted by Crippen LogP contribution is -2.47. The highest BCUT2D eigenvalue weighted by Crippen LogP contribution is 2.15. The Morgan fingerprint density at radius 2 is 1.67 bits per heavy atom. The Kier molecular flexibility index (Phi) is 4.25. The molecule has 0 saturated carbocycles. The average Bonchev–Trinajstić information content (AvgIpc) is 2.57. The first-order chi connectivity index (χ1) is 10.4. The third kappa shape index (κ3) is 3.28. The molecule has 3 heterocycles. The van der Waals surface area contributed by atoms with E-state index >= 15 is 0 Å². The zero-order chi connectivity index (χ0) is 14.5. The van der Waals surface area contributed by atoms with E-state index < -0.39 is 0 Å². The molecule has 6 heteroatoms. The number of rotatable bonds is 4. The van der Waals surface area contributed by atoms with Crippen LogP contribution < -0.4 is 15.5 Å². The summed E-state index contributed by atoms with van der Waals surface area (Å²) in [4.78, 5) is 17.8. The second-order valence-electron chi connectivity index (χ2n) is 5.09. The maximum Gasteiger partial charge on any atom is 0.225 e. The number of anilines is 2. The highest BCUT2D eigenvalue weighted by atomic mass is 15.3. The molecule has 1 saturated heterocycles. The molecule has 6 nitrogen and oxygen atoms in total. The minimum absolute atomic E-state index is 0.630. The maximum absolute atomic E-state index is 5.53. The number of nitrogens with two attached hydrogens (primary N) is 1. The Bertz CT molecular complexity index is 548. The van der Waals surface area contributed by atoms with Gasteiger partial charge in [-0.2, -0.15) is 0 Å². The smallest absolute Gasteiger partial charge is 0.225 e. The molecule has 21 heavy (non-hydrogen) atoms. The zero-order valence-corrected chi connectivity index (χ0v) is 12.0. The van der Waals surface area contributed by atoms with Crippen molar-refractivity contribution in [2.24, 2.45) is 5.73 Å². The van der Waals surface area contributed by atoms with Gasteiger partial charge in [-0.15, -0.1) is 0 Å². The highest BCUT2D eigenvalue weighted by molar-refractivity contribution is 5.41. The monoisotopic (exact) mass is 284 g/mol. The van der Waals surface area contributed by atoms with Gasteiger partial charge in [0.1, 0.15) is 5.82 Å². The summed E-state index contributed by atoms with van der Waals surface area (Å²) in [6.07, 6.45) is 6.41. The fraction of sp³-hybridized carbons (Fsp3) is 0.400. The van der Waals surface area contributed by atoms with Gasteiger partial charge in [-0.3, -0.25) is 0 Å². The van der Waals surface area contributed by atoms with E-state index in [1.165, 1.54) is 0 Å². The fourth-order valence-corrected chi connectivity index (χ4v) is 2.48. The van der Waals surface area contributed by atoms with E-state index in [9.17, 15) is 0 Å². The molecule has 0 spiro atoms. The Morgan fingerprint density at radius 3 is 2.29 bits per heavy atom. The predicted molar refractivity (Wildman–Crippen MR) is 83.5 cm³/mol. The minimum atomic E-state index is 0.630. The van der Waals surface area contributed by atoms with Crippen molar-refractivity contribution >= 4 is 11.8 Å². The van der Waals surface area contributed by atoms with Crippen molar-refractivity contribution < 1.29 is 0 Å². The van der Waals surface area contributed by atoms with E-state index in [1.807, 2.05) is 36.8 Å². The third-order valence-electron chi connectivity index (χ3n) is 3.66. The van der Waals surface area contributed by atoms with Gasteiger partial charge >= 0.3 is 0 Å². The molecule has 1 aliphatic heterocycles. The summed E-state index contributed by atoms with van der Waals surface area (Å²) in [6, 6.07) is 6.01. The van der Waals surface area contributed by atoms with E-state index in [1.54, 1.807) is 0 Å². The van der Waals surface area contributed by atoms with Gasteiger partial charge in [-0.25, -0.2) is 15.0 Å². The average molecular weight is 284 g/mol. The summed E-state index contributed by atoms with van der Waals surface area (Å²) in [5.74, 6) is 1.84. The van der Waals surface area contributed by atoms with E-state index in [0.717, 1.165) is 49.9 Å². The van der Waals surface area contributed by atoms with E-state index in [0.29, 0.717) is 6.54 Å². The Hall–Kier alpha value is -2.21. The summed E-state index contributed by atoms with van der Waals surface area (Å²) in [5, 5.41) is 0. The summed E-state index contributed by atoms with van der Waals surface area (Å²) >= 11 is 0. The normalized spacial score (nSPS) is 15.3. The van der Waals surface area contributed by atoms with Crippen molar-refractivity contribution in [1.82, 2.24) is 15.0 Å². The molecule has 110 valence electrons. The van der Waals surface area contributed by atoms with Gasteiger partial charge in [0.05, 0.1) is 0 Å². The zero-order valence-electron chi connectivity index (χ0n) is 12.0. The van der Waals surface area contributed by atoms with Crippen LogP contribution in [0.5, 0.6) is 0 Å². The summed E-state index contributed by atoms with van der Waals surface area (Å²) in [7, 11) is 0. The molecule has 1 aliphatic rings. The molecule has 3 rings (SSSR count). The maximum atomic E-state index is 5.53. The number of aromatic nitrogens is 3. The van der Waals surface area contributed by atoms with E-state index in [4.69, 9.17) is 5.73 Å². The topological polar surface area (TPSA) is 71.2 Å². The first-order valence-electron chi connectivity index (χ1n) is 7.29. The lowest BCUT2D eigenvalue weighted by atomic mass is 10.2. The molecule has 0 atom stereocenters. The lowest BCUT2D eigenvalue weighted by molar-refractivity contribution is 0.634. The van der Waals surface area contributed by atoms with E-state index in [2.05, 4.69) is 24.8 Å². The van der Waals surface area contributed by atoms with E-state index in [-0.39, 0.29) is 0 Å². The lowest BCUT2D eigenvalue weighted by Gasteiger charge is -2.35. The van der Waals surface area contributed by atoms with Gasteiger partial charge in [0.25, 0.3) is 0 Å². The Morgan fingerprint density at radius 1 is 0.952 bits per heavy atom. The standard InChI is InChI=1S/C15H20N6/c16-5-4-13-11-18-15(19-12-13)21-9-7-20(8-10-21)14-3-1-2-6-17-14/h1-3,6,11-12H,4-5,7-10,16H2. The van der Waals surface area contributed by atoms with Gasteiger partial charge in [0.15, 0.2) is 0 Å². The molecule has 0 amide bonds. The summed E-state index contributed by atoms with van der Waals surface area (Å²) in [6.45, 7) is 4.32. The van der Waals surface area contributed by atoms with Crippen LogP contribution in [-0.2, 0) is 6.42 Å². The first-order valence-corrected chi connectivity index (χ1v) is 7.29. The van der Waals surface area contributed by atoms with Gasteiger partial charge in [-0.1, -0.05) is 6.07 Å². The van der Waals surface area contributed by atoms with Crippen LogP contribution in [0.15, 0.2) is 36.8 Å². The molecule has 0 aliphatic carbocycles. The van der Waals surface area contributed by atoms with Crippen LogP contribution in [0.4, 0.5) is 11.8 Å².